The predicted octanol–water partition coefficient (Wildman–Crippen LogP) is 5.84. The van der Waals surface area contributed by atoms with E-state index in [2.05, 4.69) is 41.4 Å². The third kappa shape index (κ3) is 3.47. The normalized spacial score (nSPS) is 16.9. The quantitative estimate of drug-likeness (QED) is 0.388. The smallest absolute Gasteiger partial charge is 0.244 e. The molecule has 1 aliphatic heterocycles. The Morgan fingerprint density at radius 3 is 2.44 bits per heavy atom. The highest BCUT2D eigenvalue weighted by Crippen LogP contribution is 2.41. The Kier molecular flexibility index (Phi) is 5.40. The molecule has 3 aromatic carbocycles. The Hall–Kier alpha value is -2.54. The maximum atomic E-state index is 13.9. The standard InChI is InChI=1S/C26H26N2O2S2/c1-17-8-13-21(16-18(17)2)32(29,30)28-15-14-23-22-6-4-5-7-24(22)27-25(23)26(28)19-9-11-20(31-3)12-10-19/h4-13,16,26-27H,14-15H2,1-3H3/t26-/m0/s1. The molecule has 0 bridgehead atoms. The highest BCUT2D eigenvalue weighted by atomic mass is 32.2. The fourth-order valence-corrected chi connectivity index (χ4v) is 6.69. The summed E-state index contributed by atoms with van der Waals surface area (Å²) in [5.74, 6) is 0. The summed E-state index contributed by atoms with van der Waals surface area (Å²) in [6, 6.07) is 21.5. The van der Waals surface area contributed by atoms with Crippen molar-refractivity contribution in [3.05, 3.63) is 94.7 Å². The number of rotatable bonds is 4. The molecule has 0 fully saturated rings. The Balaban J connectivity index is 1.69. The molecule has 6 heteroatoms. The van der Waals surface area contributed by atoms with Gasteiger partial charge in [0.1, 0.15) is 0 Å². The summed E-state index contributed by atoms with van der Waals surface area (Å²) < 4.78 is 29.5. The number of para-hydroxylation sites is 1. The van der Waals surface area contributed by atoms with E-state index >= 15 is 0 Å². The molecule has 32 heavy (non-hydrogen) atoms. The summed E-state index contributed by atoms with van der Waals surface area (Å²) in [4.78, 5) is 5.07. The van der Waals surface area contributed by atoms with Gasteiger partial charge < -0.3 is 4.98 Å². The van der Waals surface area contributed by atoms with Crippen molar-refractivity contribution in [3.63, 3.8) is 0 Å². The van der Waals surface area contributed by atoms with Crippen LogP contribution in [0.4, 0.5) is 0 Å². The van der Waals surface area contributed by atoms with Crippen LogP contribution in [0.2, 0.25) is 0 Å². The van der Waals surface area contributed by atoms with E-state index < -0.39 is 16.1 Å². The number of nitrogens with zero attached hydrogens (tertiary/aromatic N) is 1. The molecule has 164 valence electrons. The van der Waals surface area contributed by atoms with Crippen molar-refractivity contribution >= 4 is 32.7 Å². The zero-order valence-corrected chi connectivity index (χ0v) is 20.1. The monoisotopic (exact) mass is 462 g/mol. The SMILES string of the molecule is CSc1ccc([C@H]2c3[nH]c4ccccc4c3CCN2S(=O)(=O)c2ccc(C)c(C)c2)cc1. The van der Waals surface area contributed by atoms with E-state index in [-0.39, 0.29) is 0 Å². The fraction of sp³-hybridized carbons (Fsp3) is 0.231. The van der Waals surface area contributed by atoms with Gasteiger partial charge in [0, 0.05) is 28.0 Å². The Morgan fingerprint density at radius 1 is 0.969 bits per heavy atom. The van der Waals surface area contributed by atoms with E-state index in [4.69, 9.17) is 0 Å². The number of aromatic amines is 1. The zero-order chi connectivity index (χ0) is 22.5. The largest absolute Gasteiger partial charge is 0.357 e. The number of hydrogen-bond donors (Lipinski definition) is 1. The topological polar surface area (TPSA) is 53.2 Å². The summed E-state index contributed by atoms with van der Waals surface area (Å²) in [7, 11) is -3.69. The van der Waals surface area contributed by atoms with Gasteiger partial charge in [-0.3, -0.25) is 0 Å². The Labute approximate surface area is 193 Å². The van der Waals surface area contributed by atoms with Crippen molar-refractivity contribution in [2.75, 3.05) is 12.8 Å². The van der Waals surface area contributed by atoms with E-state index in [0.717, 1.165) is 32.8 Å². The molecule has 0 saturated carbocycles. The van der Waals surface area contributed by atoms with Crippen molar-refractivity contribution in [3.8, 4) is 0 Å². The van der Waals surface area contributed by atoms with Crippen molar-refractivity contribution in [2.24, 2.45) is 0 Å². The third-order valence-electron chi connectivity index (χ3n) is 6.51. The number of H-pyrrole nitrogens is 1. The first-order valence-corrected chi connectivity index (χ1v) is 13.4. The Morgan fingerprint density at radius 2 is 1.72 bits per heavy atom. The number of hydrogen-bond acceptors (Lipinski definition) is 3. The molecule has 0 aliphatic carbocycles. The zero-order valence-electron chi connectivity index (χ0n) is 18.4. The molecule has 0 spiro atoms. The van der Waals surface area contributed by atoms with Gasteiger partial charge in [0.2, 0.25) is 10.0 Å². The van der Waals surface area contributed by atoms with Crippen molar-refractivity contribution in [1.82, 2.24) is 9.29 Å². The van der Waals surface area contributed by atoms with Crippen molar-refractivity contribution in [2.45, 2.75) is 36.1 Å². The molecule has 0 saturated heterocycles. The molecule has 5 rings (SSSR count). The average Bonchev–Trinajstić information content (AvgIpc) is 3.19. The minimum atomic E-state index is -3.69. The lowest BCUT2D eigenvalue weighted by molar-refractivity contribution is 0.340. The molecule has 0 amide bonds. The summed E-state index contributed by atoms with van der Waals surface area (Å²) in [5, 5.41) is 1.18. The van der Waals surface area contributed by atoms with E-state index in [1.54, 1.807) is 28.2 Å². The third-order valence-corrected chi connectivity index (χ3v) is 9.11. The highest BCUT2D eigenvalue weighted by molar-refractivity contribution is 7.98. The van der Waals surface area contributed by atoms with Crippen molar-refractivity contribution < 1.29 is 8.42 Å². The van der Waals surface area contributed by atoms with Crippen LogP contribution in [0.3, 0.4) is 0 Å². The summed E-state index contributed by atoms with van der Waals surface area (Å²) in [5.41, 5.74) is 6.28. The lowest BCUT2D eigenvalue weighted by Crippen LogP contribution is -2.40. The molecule has 1 N–H and O–H groups in total. The molecule has 4 aromatic rings. The summed E-state index contributed by atoms with van der Waals surface area (Å²) in [6.45, 7) is 4.40. The van der Waals surface area contributed by atoms with Crippen LogP contribution in [0.5, 0.6) is 0 Å². The van der Waals surface area contributed by atoms with Gasteiger partial charge in [-0.25, -0.2) is 8.42 Å². The summed E-state index contributed by atoms with van der Waals surface area (Å²) in [6.07, 6.45) is 2.73. The van der Waals surface area contributed by atoms with Gasteiger partial charge in [0.25, 0.3) is 0 Å². The van der Waals surface area contributed by atoms with Crippen LogP contribution >= 0.6 is 11.8 Å². The van der Waals surface area contributed by atoms with Crippen LogP contribution in [0.15, 0.2) is 76.5 Å². The van der Waals surface area contributed by atoms with E-state index in [1.807, 2.05) is 38.3 Å². The van der Waals surface area contributed by atoms with Gasteiger partial charge in [-0.05, 0) is 79.1 Å². The van der Waals surface area contributed by atoms with Crippen LogP contribution in [0.1, 0.15) is 34.0 Å². The molecule has 4 nitrogen and oxygen atoms in total. The van der Waals surface area contributed by atoms with Crippen LogP contribution in [0, 0.1) is 13.8 Å². The lowest BCUT2D eigenvalue weighted by atomic mass is 9.94. The van der Waals surface area contributed by atoms with Gasteiger partial charge in [0.15, 0.2) is 0 Å². The first-order chi connectivity index (χ1) is 15.4. The number of fused-ring (bicyclic) bond motifs is 3. The van der Waals surface area contributed by atoms with Gasteiger partial charge in [-0.1, -0.05) is 36.4 Å². The summed E-state index contributed by atoms with van der Waals surface area (Å²) >= 11 is 1.68. The van der Waals surface area contributed by atoms with E-state index in [0.29, 0.717) is 17.9 Å². The van der Waals surface area contributed by atoms with Gasteiger partial charge in [0.05, 0.1) is 10.9 Å². The second-order valence-corrected chi connectivity index (χ2v) is 11.1. The van der Waals surface area contributed by atoms with Gasteiger partial charge >= 0.3 is 0 Å². The predicted molar refractivity (Wildman–Crippen MR) is 132 cm³/mol. The first-order valence-electron chi connectivity index (χ1n) is 10.7. The molecule has 2 heterocycles. The van der Waals surface area contributed by atoms with E-state index in [9.17, 15) is 8.42 Å². The van der Waals surface area contributed by atoms with Crippen LogP contribution in [-0.4, -0.2) is 30.5 Å². The lowest BCUT2D eigenvalue weighted by Gasteiger charge is -2.35. The second kappa shape index (κ2) is 8.10. The number of aromatic nitrogens is 1. The number of aryl methyl sites for hydroxylation is 2. The van der Waals surface area contributed by atoms with Crippen LogP contribution in [-0.2, 0) is 16.4 Å². The van der Waals surface area contributed by atoms with E-state index in [1.165, 1.54) is 10.9 Å². The molecular weight excluding hydrogens is 436 g/mol. The molecule has 1 aliphatic rings. The molecular formula is C26H26N2O2S2. The molecule has 1 aromatic heterocycles. The highest BCUT2D eigenvalue weighted by Gasteiger charge is 2.39. The van der Waals surface area contributed by atoms with Crippen molar-refractivity contribution in [1.29, 1.82) is 0 Å². The minimum absolute atomic E-state index is 0.353. The number of benzene rings is 3. The van der Waals surface area contributed by atoms with Gasteiger partial charge in [-0.15, -0.1) is 11.8 Å². The minimum Gasteiger partial charge on any atom is -0.357 e. The Bertz CT molecular complexity index is 1410. The number of thioether (sulfide) groups is 1. The number of sulfonamides is 1. The maximum absolute atomic E-state index is 13.9. The number of nitrogens with one attached hydrogen (secondary N) is 1. The van der Waals surface area contributed by atoms with Crippen LogP contribution < -0.4 is 0 Å². The fourth-order valence-electron chi connectivity index (χ4n) is 4.61. The van der Waals surface area contributed by atoms with Gasteiger partial charge in [-0.2, -0.15) is 4.31 Å². The molecule has 0 radical (unpaired) electrons. The average molecular weight is 463 g/mol. The first kappa shape index (κ1) is 21.3. The maximum Gasteiger partial charge on any atom is 0.244 e. The van der Waals surface area contributed by atoms with Crippen LogP contribution in [0.25, 0.3) is 10.9 Å². The molecule has 0 unspecified atom stereocenters. The second-order valence-electron chi connectivity index (χ2n) is 8.35. The molecule has 1 atom stereocenters.